The maximum absolute atomic E-state index is 13.0. The van der Waals surface area contributed by atoms with E-state index in [9.17, 15) is 8.78 Å². The third-order valence-corrected chi connectivity index (χ3v) is 1.56. The summed E-state index contributed by atoms with van der Waals surface area (Å²) in [5.41, 5.74) is 5.33. The lowest BCUT2D eigenvalue weighted by atomic mass is 10.3. The van der Waals surface area contributed by atoms with Gasteiger partial charge in [-0.3, -0.25) is 0 Å². The molecule has 1 rings (SSSR count). The van der Waals surface area contributed by atoms with Gasteiger partial charge in [-0.2, -0.15) is 0 Å². The Hall–Kier alpha value is -1.45. The summed E-state index contributed by atoms with van der Waals surface area (Å²) in [5.74, 6) is -1.59. The smallest absolute Gasteiger partial charge is 0.184 e. The fraction of sp³-hybridized carbons (Fsp3) is 0.222. The number of hydrogen-bond acceptors (Lipinski definition) is 1. The van der Waals surface area contributed by atoms with Gasteiger partial charge in [0.2, 0.25) is 0 Å². The van der Waals surface area contributed by atoms with Crippen LogP contribution in [0, 0.1) is 11.6 Å². The quantitative estimate of drug-likeness (QED) is 0.556. The number of amidine groups is 1. The summed E-state index contributed by atoms with van der Waals surface area (Å²) in [6.45, 7) is 1.79. The average molecular weight is 184 g/mol. The van der Waals surface area contributed by atoms with E-state index in [0.29, 0.717) is 6.42 Å². The molecule has 0 aliphatic rings. The maximum atomic E-state index is 13.0. The monoisotopic (exact) mass is 184 g/mol. The number of hydrogen-bond donors (Lipinski definition) is 1. The second kappa shape index (κ2) is 3.98. The Bertz CT molecular complexity index is 334. The zero-order valence-electron chi connectivity index (χ0n) is 7.22. The van der Waals surface area contributed by atoms with Crippen molar-refractivity contribution in [3.63, 3.8) is 0 Å². The predicted molar refractivity (Wildman–Crippen MR) is 47.9 cm³/mol. The molecule has 0 amide bonds. The molecule has 0 atom stereocenters. The number of nitrogens with two attached hydrogens (primary N) is 1. The summed E-state index contributed by atoms with van der Waals surface area (Å²) in [4.78, 5) is 3.72. The zero-order chi connectivity index (χ0) is 9.84. The van der Waals surface area contributed by atoms with Crippen LogP contribution in [0.15, 0.2) is 23.2 Å². The van der Waals surface area contributed by atoms with E-state index in [-0.39, 0.29) is 11.5 Å². The van der Waals surface area contributed by atoms with Gasteiger partial charge in [-0.1, -0.05) is 13.0 Å². The molecule has 0 saturated heterocycles. The normalized spacial score (nSPS) is 11.8. The van der Waals surface area contributed by atoms with E-state index >= 15 is 0 Å². The van der Waals surface area contributed by atoms with Crippen LogP contribution < -0.4 is 5.73 Å². The van der Waals surface area contributed by atoms with Gasteiger partial charge in [0.1, 0.15) is 5.69 Å². The van der Waals surface area contributed by atoms with Gasteiger partial charge in [-0.25, -0.2) is 13.8 Å². The molecule has 1 aromatic rings. The van der Waals surface area contributed by atoms with Crippen molar-refractivity contribution in [1.82, 2.24) is 0 Å². The standard InChI is InChI=1S/C9H10F2N2/c1-2-8(12)13-7-5-3-4-6(10)9(7)11/h3-5H,2H2,1H3,(H2,12,13). The molecule has 0 bridgehead atoms. The highest BCUT2D eigenvalue weighted by Gasteiger charge is 2.05. The molecule has 0 radical (unpaired) electrons. The minimum absolute atomic E-state index is 0.0562. The molecule has 1 aromatic carbocycles. The van der Waals surface area contributed by atoms with Gasteiger partial charge in [0.05, 0.1) is 5.84 Å². The second-order valence-corrected chi connectivity index (χ2v) is 2.53. The summed E-state index contributed by atoms with van der Waals surface area (Å²) in [6.07, 6.45) is 0.510. The van der Waals surface area contributed by atoms with Crippen LogP contribution in [0.2, 0.25) is 0 Å². The molecule has 13 heavy (non-hydrogen) atoms. The Morgan fingerprint density at radius 2 is 2.15 bits per heavy atom. The summed E-state index contributed by atoms with van der Waals surface area (Å²) in [6, 6.07) is 3.80. The van der Waals surface area contributed by atoms with Crippen molar-refractivity contribution in [2.75, 3.05) is 0 Å². The molecule has 0 unspecified atom stereocenters. The molecule has 0 fully saturated rings. The van der Waals surface area contributed by atoms with Crippen molar-refractivity contribution in [2.45, 2.75) is 13.3 Å². The molecule has 2 N–H and O–H groups in total. The van der Waals surface area contributed by atoms with Crippen LogP contribution in [-0.2, 0) is 0 Å². The lowest BCUT2D eigenvalue weighted by Crippen LogP contribution is -2.08. The number of aliphatic imine (C=N–C) groups is 1. The molecule has 0 spiro atoms. The van der Waals surface area contributed by atoms with Gasteiger partial charge in [-0.15, -0.1) is 0 Å². The second-order valence-electron chi connectivity index (χ2n) is 2.53. The molecule has 2 nitrogen and oxygen atoms in total. The molecular weight excluding hydrogens is 174 g/mol. The van der Waals surface area contributed by atoms with Crippen molar-refractivity contribution in [3.05, 3.63) is 29.8 Å². The Morgan fingerprint density at radius 1 is 1.46 bits per heavy atom. The van der Waals surface area contributed by atoms with Crippen LogP contribution in [-0.4, -0.2) is 5.84 Å². The Morgan fingerprint density at radius 3 is 2.77 bits per heavy atom. The first-order valence-corrected chi connectivity index (χ1v) is 3.92. The minimum Gasteiger partial charge on any atom is -0.387 e. The van der Waals surface area contributed by atoms with Crippen LogP contribution >= 0.6 is 0 Å². The first-order valence-electron chi connectivity index (χ1n) is 3.92. The Balaban J connectivity index is 3.09. The van der Waals surface area contributed by atoms with E-state index in [1.807, 2.05) is 0 Å². The highest BCUT2D eigenvalue weighted by Crippen LogP contribution is 2.19. The summed E-state index contributed by atoms with van der Waals surface area (Å²) < 4.78 is 25.6. The highest BCUT2D eigenvalue weighted by atomic mass is 19.2. The molecule has 0 aromatic heterocycles. The number of nitrogens with zero attached hydrogens (tertiary/aromatic N) is 1. The first kappa shape index (κ1) is 9.64. The lowest BCUT2D eigenvalue weighted by molar-refractivity contribution is 0.510. The first-order chi connectivity index (χ1) is 6.15. The Kier molecular flexibility index (Phi) is 2.95. The minimum atomic E-state index is -0.959. The molecule has 0 heterocycles. The average Bonchev–Trinajstić information content (AvgIpc) is 2.13. The summed E-state index contributed by atoms with van der Waals surface area (Å²) >= 11 is 0. The molecule has 0 aliphatic carbocycles. The molecular formula is C9H10F2N2. The molecule has 0 saturated carbocycles. The van der Waals surface area contributed by atoms with Crippen LogP contribution in [0.4, 0.5) is 14.5 Å². The van der Waals surface area contributed by atoms with Crippen LogP contribution in [0.25, 0.3) is 0 Å². The van der Waals surface area contributed by atoms with Gasteiger partial charge >= 0.3 is 0 Å². The van der Waals surface area contributed by atoms with E-state index < -0.39 is 11.6 Å². The SMILES string of the molecule is CCC(N)=Nc1cccc(F)c1F. The maximum Gasteiger partial charge on any atom is 0.184 e. The van der Waals surface area contributed by atoms with Gasteiger partial charge < -0.3 is 5.73 Å². The van der Waals surface area contributed by atoms with Gasteiger partial charge in [0, 0.05) is 6.42 Å². The van der Waals surface area contributed by atoms with Gasteiger partial charge in [-0.05, 0) is 12.1 Å². The van der Waals surface area contributed by atoms with Crippen molar-refractivity contribution < 1.29 is 8.78 Å². The Labute approximate surface area is 75.1 Å². The third-order valence-electron chi connectivity index (χ3n) is 1.56. The van der Waals surface area contributed by atoms with Crippen LogP contribution in [0.1, 0.15) is 13.3 Å². The summed E-state index contributed by atoms with van der Waals surface area (Å²) in [7, 11) is 0. The van der Waals surface area contributed by atoms with Crippen molar-refractivity contribution in [2.24, 2.45) is 10.7 Å². The van der Waals surface area contributed by atoms with Crippen molar-refractivity contribution in [1.29, 1.82) is 0 Å². The largest absolute Gasteiger partial charge is 0.387 e. The fourth-order valence-electron chi connectivity index (χ4n) is 0.813. The van der Waals surface area contributed by atoms with Gasteiger partial charge in [0.15, 0.2) is 11.6 Å². The van der Waals surface area contributed by atoms with E-state index in [1.54, 1.807) is 6.92 Å². The van der Waals surface area contributed by atoms with Crippen LogP contribution in [0.5, 0.6) is 0 Å². The molecule has 4 heteroatoms. The van der Waals surface area contributed by atoms with Crippen LogP contribution in [0.3, 0.4) is 0 Å². The fourth-order valence-corrected chi connectivity index (χ4v) is 0.813. The van der Waals surface area contributed by atoms with Crippen molar-refractivity contribution in [3.8, 4) is 0 Å². The van der Waals surface area contributed by atoms with E-state index in [4.69, 9.17) is 5.73 Å². The third kappa shape index (κ3) is 2.24. The topological polar surface area (TPSA) is 38.4 Å². The highest BCUT2D eigenvalue weighted by molar-refractivity contribution is 5.82. The molecule has 70 valence electrons. The van der Waals surface area contributed by atoms with E-state index in [1.165, 1.54) is 12.1 Å². The number of benzene rings is 1. The summed E-state index contributed by atoms with van der Waals surface area (Å²) in [5, 5.41) is 0. The number of rotatable bonds is 2. The predicted octanol–water partition coefficient (Wildman–Crippen LogP) is 2.36. The zero-order valence-corrected chi connectivity index (χ0v) is 7.22. The lowest BCUT2D eigenvalue weighted by Gasteiger charge is -1.99. The molecule has 0 aliphatic heterocycles. The van der Waals surface area contributed by atoms with E-state index in [2.05, 4.69) is 4.99 Å². The van der Waals surface area contributed by atoms with E-state index in [0.717, 1.165) is 6.07 Å². The van der Waals surface area contributed by atoms with Gasteiger partial charge in [0.25, 0.3) is 0 Å². The van der Waals surface area contributed by atoms with Crippen molar-refractivity contribution >= 4 is 11.5 Å². The number of halogens is 2.